The summed E-state index contributed by atoms with van der Waals surface area (Å²) in [5.74, 6) is 1.50. The lowest BCUT2D eigenvalue weighted by molar-refractivity contribution is 0.202. The number of carbonyl (C=O) groups is 1. The summed E-state index contributed by atoms with van der Waals surface area (Å²) in [7, 11) is 0. The van der Waals surface area contributed by atoms with Crippen molar-refractivity contribution in [2.24, 2.45) is 0 Å². The predicted molar refractivity (Wildman–Crippen MR) is 135 cm³/mol. The Balaban J connectivity index is 1.62. The number of nitrogens with one attached hydrogen (secondary N) is 1. The fraction of sp³-hybridized carbons (Fsp3) is 0.280. The molecular formula is C25H26ClN7O. The number of nitrogens with zero attached hydrogens (tertiary/aromatic N) is 6. The molecule has 2 aromatic heterocycles. The van der Waals surface area contributed by atoms with Gasteiger partial charge in [-0.2, -0.15) is 0 Å². The predicted octanol–water partition coefficient (Wildman–Crippen LogP) is 4.31. The molecule has 174 valence electrons. The van der Waals surface area contributed by atoms with Crippen LogP contribution in [0.2, 0.25) is 5.02 Å². The van der Waals surface area contributed by atoms with Crippen LogP contribution in [0.25, 0.3) is 27.9 Å². The Morgan fingerprint density at radius 1 is 1.15 bits per heavy atom. The maximum absolute atomic E-state index is 12.5. The zero-order chi connectivity index (χ0) is 23.7. The molecule has 0 radical (unpaired) electrons. The number of hydrogen-bond donors (Lipinski definition) is 1. The minimum Gasteiger partial charge on any atom is -0.340 e. The Morgan fingerprint density at radius 3 is 2.82 bits per heavy atom. The molecule has 34 heavy (non-hydrogen) atoms. The Morgan fingerprint density at radius 2 is 2.00 bits per heavy atom. The average molecular weight is 476 g/mol. The summed E-state index contributed by atoms with van der Waals surface area (Å²) in [6.45, 7) is 8.84. The third kappa shape index (κ3) is 4.05. The van der Waals surface area contributed by atoms with Crippen LogP contribution >= 0.6 is 11.6 Å². The molecule has 0 aliphatic carbocycles. The molecule has 2 aromatic carbocycles. The van der Waals surface area contributed by atoms with Crippen molar-refractivity contribution in [1.29, 1.82) is 0 Å². The highest BCUT2D eigenvalue weighted by molar-refractivity contribution is 6.31. The number of hydrogen-bond acceptors (Lipinski definition) is 5. The molecule has 1 N–H and O–H groups in total. The minimum atomic E-state index is -0.0740. The Kier molecular flexibility index (Phi) is 6.06. The van der Waals surface area contributed by atoms with E-state index in [-0.39, 0.29) is 6.03 Å². The Hall–Kier alpha value is -3.65. The van der Waals surface area contributed by atoms with Gasteiger partial charge in [-0.1, -0.05) is 41.9 Å². The molecule has 9 heteroatoms. The number of fused-ring (bicyclic) bond motifs is 3. The Labute approximate surface area is 202 Å². The molecule has 0 saturated carbocycles. The van der Waals surface area contributed by atoms with Crippen molar-refractivity contribution in [1.82, 2.24) is 29.8 Å². The normalized spacial score (nSPS) is 14.4. The number of urea groups is 1. The maximum atomic E-state index is 12.5. The molecule has 2 amide bonds. The highest BCUT2D eigenvalue weighted by atomic mass is 35.5. The van der Waals surface area contributed by atoms with Crippen molar-refractivity contribution in [2.45, 2.75) is 13.3 Å². The van der Waals surface area contributed by atoms with Crippen molar-refractivity contribution >= 4 is 40.1 Å². The van der Waals surface area contributed by atoms with Gasteiger partial charge < -0.3 is 15.1 Å². The first-order valence-electron chi connectivity index (χ1n) is 11.4. The van der Waals surface area contributed by atoms with Gasteiger partial charge in [-0.15, -0.1) is 16.8 Å². The summed E-state index contributed by atoms with van der Waals surface area (Å²) in [6, 6.07) is 13.7. The van der Waals surface area contributed by atoms with Crippen LogP contribution in [0.1, 0.15) is 12.0 Å². The first-order valence-corrected chi connectivity index (χ1v) is 11.7. The van der Waals surface area contributed by atoms with Crippen LogP contribution in [0.3, 0.4) is 0 Å². The number of anilines is 1. The van der Waals surface area contributed by atoms with Crippen LogP contribution in [0, 0.1) is 6.92 Å². The summed E-state index contributed by atoms with van der Waals surface area (Å²) >= 11 is 6.30. The molecule has 8 nitrogen and oxygen atoms in total. The zero-order valence-corrected chi connectivity index (χ0v) is 19.8. The molecular weight excluding hydrogens is 450 g/mol. The van der Waals surface area contributed by atoms with Crippen LogP contribution in [-0.4, -0.2) is 63.2 Å². The van der Waals surface area contributed by atoms with E-state index in [0.717, 1.165) is 52.4 Å². The number of carbonyl (C=O) groups excluding carboxylic acids is 1. The fourth-order valence-electron chi connectivity index (χ4n) is 4.39. The van der Waals surface area contributed by atoms with E-state index in [0.29, 0.717) is 31.2 Å². The van der Waals surface area contributed by atoms with Gasteiger partial charge in [0.2, 0.25) is 5.95 Å². The van der Waals surface area contributed by atoms with E-state index < -0.39 is 0 Å². The van der Waals surface area contributed by atoms with Gasteiger partial charge >= 0.3 is 6.03 Å². The molecule has 1 saturated heterocycles. The molecule has 0 bridgehead atoms. The lowest BCUT2D eigenvalue weighted by atomic mass is 10.1. The van der Waals surface area contributed by atoms with Gasteiger partial charge in [0.05, 0.1) is 5.52 Å². The molecule has 4 aromatic rings. The van der Waals surface area contributed by atoms with Crippen LogP contribution in [-0.2, 0) is 0 Å². The van der Waals surface area contributed by atoms with E-state index in [1.807, 2.05) is 39.6 Å². The standard InChI is InChI=1S/C25H26ClN7O/c1-3-11-27-25(34)32-13-6-12-31(14-15-32)24-28-21-16-18(26)9-10-20(21)23-30-29-22(33(23)24)19-8-5-4-7-17(19)2/h3-5,7-10,16H,1,6,11-15H2,2H3,(H,27,34). The molecule has 1 fully saturated rings. The van der Waals surface area contributed by atoms with Gasteiger partial charge in [-0.3, -0.25) is 0 Å². The van der Waals surface area contributed by atoms with Crippen LogP contribution in [0.5, 0.6) is 0 Å². The third-order valence-electron chi connectivity index (χ3n) is 6.13. The maximum Gasteiger partial charge on any atom is 0.317 e. The highest BCUT2D eigenvalue weighted by Crippen LogP contribution is 2.31. The van der Waals surface area contributed by atoms with Crippen molar-refractivity contribution in [2.75, 3.05) is 37.6 Å². The second-order valence-corrected chi connectivity index (χ2v) is 8.81. The fourth-order valence-corrected chi connectivity index (χ4v) is 4.56. The second kappa shape index (κ2) is 9.30. The van der Waals surface area contributed by atoms with E-state index in [2.05, 4.69) is 46.0 Å². The van der Waals surface area contributed by atoms with Gasteiger partial charge in [-0.05, 0) is 37.1 Å². The molecule has 5 rings (SSSR count). The van der Waals surface area contributed by atoms with E-state index in [1.54, 1.807) is 6.08 Å². The summed E-state index contributed by atoms with van der Waals surface area (Å²) in [5.41, 5.74) is 3.62. The van der Waals surface area contributed by atoms with Gasteiger partial charge in [0.25, 0.3) is 0 Å². The number of aryl methyl sites for hydroxylation is 1. The van der Waals surface area contributed by atoms with Crippen molar-refractivity contribution in [3.05, 3.63) is 65.7 Å². The Bertz CT molecular complexity index is 1380. The first kappa shape index (κ1) is 22.2. The topological polar surface area (TPSA) is 78.7 Å². The van der Waals surface area contributed by atoms with E-state index in [1.165, 1.54) is 0 Å². The molecule has 3 heterocycles. The average Bonchev–Trinajstić information content (AvgIpc) is 3.12. The molecule has 1 aliphatic rings. The van der Waals surface area contributed by atoms with E-state index >= 15 is 0 Å². The van der Waals surface area contributed by atoms with Crippen LogP contribution < -0.4 is 10.2 Å². The van der Waals surface area contributed by atoms with Crippen molar-refractivity contribution in [3.8, 4) is 11.4 Å². The molecule has 0 atom stereocenters. The van der Waals surface area contributed by atoms with Gasteiger partial charge in [0.1, 0.15) is 0 Å². The molecule has 1 aliphatic heterocycles. The zero-order valence-electron chi connectivity index (χ0n) is 19.0. The SMILES string of the molecule is C=CCNC(=O)N1CCCN(c2nc3cc(Cl)ccc3c3nnc(-c4ccccc4C)n23)CC1. The van der Waals surface area contributed by atoms with E-state index in [9.17, 15) is 4.79 Å². The van der Waals surface area contributed by atoms with Crippen molar-refractivity contribution < 1.29 is 4.79 Å². The van der Waals surface area contributed by atoms with Crippen LogP contribution in [0.15, 0.2) is 55.1 Å². The summed E-state index contributed by atoms with van der Waals surface area (Å²) in [5, 5.41) is 13.5. The first-order chi connectivity index (χ1) is 16.6. The number of rotatable bonds is 4. The van der Waals surface area contributed by atoms with E-state index in [4.69, 9.17) is 16.6 Å². The molecule has 0 unspecified atom stereocenters. The molecule has 0 spiro atoms. The second-order valence-electron chi connectivity index (χ2n) is 8.37. The lowest BCUT2D eigenvalue weighted by Crippen LogP contribution is -2.42. The van der Waals surface area contributed by atoms with Gasteiger partial charge in [0, 0.05) is 48.7 Å². The summed E-state index contributed by atoms with van der Waals surface area (Å²) in [6.07, 6.45) is 2.50. The van der Waals surface area contributed by atoms with Gasteiger partial charge in [0.15, 0.2) is 11.5 Å². The summed E-state index contributed by atoms with van der Waals surface area (Å²) < 4.78 is 2.03. The highest BCUT2D eigenvalue weighted by Gasteiger charge is 2.24. The number of benzene rings is 2. The van der Waals surface area contributed by atoms with Crippen molar-refractivity contribution in [3.63, 3.8) is 0 Å². The van der Waals surface area contributed by atoms with Gasteiger partial charge in [-0.25, -0.2) is 14.2 Å². The smallest absolute Gasteiger partial charge is 0.317 e. The lowest BCUT2D eigenvalue weighted by Gasteiger charge is -2.24. The summed E-state index contributed by atoms with van der Waals surface area (Å²) in [4.78, 5) is 21.6. The number of halogens is 1. The monoisotopic (exact) mass is 475 g/mol. The largest absolute Gasteiger partial charge is 0.340 e. The third-order valence-corrected chi connectivity index (χ3v) is 6.37. The number of amides is 2. The quantitative estimate of drug-likeness (QED) is 0.445. The number of aromatic nitrogens is 4. The van der Waals surface area contributed by atoms with Crippen LogP contribution in [0.4, 0.5) is 10.7 Å². The minimum absolute atomic E-state index is 0.0740.